The van der Waals surface area contributed by atoms with Gasteiger partial charge in [0.2, 0.25) is 0 Å². The maximum absolute atomic E-state index is 12.8. The smallest absolute Gasteiger partial charge is 0.352 e. The second-order valence-corrected chi connectivity index (χ2v) is 10.6. The number of ether oxygens (including phenoxy) is 2. The van der Waals surface area contributed by atoms with Gasteiger partial charge in [-0.25, -0.2) is 4.79 Å². The number of fused-ring (bicyclic) bond motifs is 3. The highest BCUT2D eigenvalue weighted by Gasteiger charge is 2.26. The number of aromatic carboxylic acids is 1. The van der Waals surface area contributed by atoms with Crippen LogP contribution in [0.15, 0.2) is 54.6 Å². The van der Waals surface area contributed by atoms with E-state index in [0.29, 0.717) is 49.9 Å². The number of nitrogens with one attached hydrogen (secondary N) is 1. The first-order valence-corrected chi connectivity index (χ1v) is 14.3. The highest BCUT2D eigenvalue weighted by atomic mass is 35.5. The highest BCUT2D eigenvalue weighted by Crippen LogP contribution is 2.38. The average molecular weight is 558 g/mol. The number of benzene rings is 3. The third-order valence-electron chi connectivity index (χ3n) is 7.71. The Morgan fingerprint density at radius 2 is 2.02 bits per heavy atom. The number of halogens is 1. The number of carboxylic acids is 1. The fourth-order valence-electron chi connectivity index (χ4n) is 5.93. The summed E-state index contributed by atoms with van der Waals surface area (Å²) in [5.41, 5.74) is 6.10. The number of hydrogen-bond acceptors (Lipinski definition) is 4. The lowest BCUT2D eigenvalue weighted by atomic mass is 9.97. The number of aromatic nitrogens is 3. The summed E-state index contributed by atoms with van der Waals surface area (Å²) in [7, 11) is 0. The summed E-state index contributed by atoms with van der Waals surface area (Å²) in [6.07, 6.45) is 3.72. The second-order valence-electron chi connectivity index (χ2n) is 10.2. The van der Waals surface area contributed by atoms with Crippen LogP contribution in [0.25, 0.3) is 32.8 Å². The number of para-hydroxylation sites is 1. The Balaban J connectivity index is 1.37. The van der Waals surface area contributed by atoms with Gasteiger partial charge < -0.3 is 19.1 Å². The largest absolute Gasteiger partial charge is 0.493 e. The van der Waals surface area contributed by atoms with Crippen LogP contribution in [0.2, 0.25) is 5.02 Å². The minimum atomic E-state index is -0.904. The number of carbonyl (C=O) groups is 1. The molecule has 2 N–H and O–H groups in total. The van der Waals surface area contributed by atoms with Crippen molar-refractivity contribution in [2.75, 3.05) is 13.2 Å². The van der Waals surface area contributed by atoms with Crippen LogP contribution in [0, 0.1) is 0 Å². The molecule has 0 fully saturated rings. The molecule has 7 nitrogen and oxygen atoms in total. The van der Waals surface area contributed by atoms with E-state index < -0.39 is 5.97 Å². The van der Waals surface area contributed by atoms with E-state index in [9.17, 15) is 9.90 Å². The molecule has 0 aliphatic carbocycles. The van der Waals surface area contributed by atoms with Gasteiger partial charge in [0.05, 0.1) is 30.1 Å². The molecule has 2 aromatic heterocycles. The minimum Gasteiger partial charge on any atom is -0.493 e. The van der Waals surface area contributed by atoms with E-state index in [1.54, 1.807) is 0 Å². The average Bonchev–Trinajstić information content (AvgIpc) is 3.50. The molecule has 3 heterocycles. The fraction of sp³-hybridized carbons (Fsp3) is 0.312. The van der Waals surface area contributed by atoms with Crippen molar-refractivity contribution in [3.8, 4) is 16.9 Å². The number of hydrogen-bond donors (Lipinski definition) is 2. The molecule has 8 heteroatoms. The van der Waals surface area contributed by atoms with E-state index in [-0.39, 0.29) is 0 Å². The predicted molar refractivity (Wildman–Crippen MR) is 158 cm³/mol. The summed E-state index contributed by atoms with van der Waals surface area (Å²) in [5.74, 6) is -0.105. The van der Waals surface area contributed by atoms with Crippen molar-refractivity contribution in [1.82, 2.24) is 14.8 Å². The van der Waals surface area contributed by atoms with Crippen molar-refractivity contribution in [2.24, 2.45) is 0 Å². The first-order valence-electron chi connectivity index (χ1n) is 13.9. The lowest BCUT2D eigenvalue weighted by Crippen LogP contribution is -2.12. The zero-order valence-corrected chi connectivity index (χ0v) is 23.3. The zero-order valence-electron chi connectivity index (χ0n) is 22.5. The van der Waals surface area contributed by atoms with Gasteiger partial charge in [0.15, 0.2) is 0 Å². The summed E-state index contributed by atoms with van der Waals surface area (Å²) in [4.78, 5) is 12.8. The normalized spacial score (nSPS) is 13.8. The molecule has 0 unspecified atom stereocenters. The molecular weight excluding hydrogens is 526 g/mol. The fourth-order valence-corrected chi connectivity index (χ4v) is 6.11. The molecule has 0 radical (unpaired) electrons. The SMILES string of the molecule is CCc1n[nH]c2c1-c1cccc3c(CCCOc4cccc5cc(Cl)ccc45)c(C(=O)O)n(c13)CCCCOC2. The second kappa shape index (κ2) is 11.4. The molecule has 0 saturated carbocycles. The Bertz CT molecular complexity index is 1700. The minimum absolute atomic E-state index is 0.366. The van der Waals surface area contributed by atoms with Crippen LogP contribution in [0.4, 0.5) is 0 Å². The first kappa shape index (κ1) is 26.4. The quantitative estimate of drug-likeness (QED) is 0.203. The standard InChI is InChI=1S/C32H32ClN3O4/c1-2-26-29-25-10-6-9-23-24(11-7-17-40-28-12-5-8-20-18-21(33)13-14-22(20)28)31(32(37)38)36(30(23)25)15-3-4-16-39-19-27(29)35-34-26/h5-6,8-10,12-14,18H,2-4,7,11,15-17,19H2,1H3,(H,34,35)(H,37,38). The zero-order chi connectivity index (χ0) is 27.6. The maximum Gasteiger partial charge on any atom is 0.352 e. The number of aromatic amines is 1. The van der Waals surface area contributed by atoms with Crippen LogP contribution >= 0.6 is 11.6 Å². The molecule has 206 valence electrons. The summed E-state index contributed by atoms with van der Waals surface area (Å²) in [6, 6.07) is 17.8. The first-order chi connectivity index (χ1) is 19.6. The number of rotatable bonds is 7. The van der Waals surface area contributed by atoms with Crippen molar-refractivity contribution in [3.05, 3.63) is 82.3 Å². The van der Waals surface area contributed by atoms with Crippen LogP contribution in [0.3, 0.4) is 0 Å². The summed E-state index contributed by atoms with van der Waals surface area (Å²) < 4.78 is 14.1. The highest BCUT2D eigenvalue weighted by molar-refractivity contribution is 6.31. The van der Waals surface area contributed by atoms with Crippen LogP contribution in [-0.2, 0) is 30.7 Å². The lowest BCUT2D eigenvalue weighted by molar-refractivity contribution is 0.0683. The van der Waals surface area contributed by atoms with E-state index in [0.717, 1.165) is 74.8 Å². The van der Waals surface area contributed by atoms with Gasteiger partial charge in [-0.1, -0.05) is 48.9 Å². The molecule has 3 aromatic carbocycles. The van der Waals surface area contributed by atoms with E-state index in [1.807, 2.05) is 53.1 Å². The van der Waals surface area contributed by atoms with E-state index in [1.165, 1.54) is 0 Å². The topological polar surface area (TPSA) is 89.4 Å². The van der Waals surface area contributed by atoms with Crippen LogP contribution in [0.1, 0.15) is 53.6 Å². The van der Waals surface area contributed by atoms with Gasteiger partial charge in [-0.3, -0.25) is 5.10 Å². The number of carboxylic acid groups (broad SMARTS) is 1. The number of aryl methyl sites for hydroxylation is 3. The molecule has 0 spiro atoms. The molecule has 0 amide bonds. The Morgan fingerprint density at radius 1 is 1.15 bits per heavy atom. The van der Waals surface area contributed by atoms with Crippen LogP contribution in [0.5, 0.6) is 5.75 Å². The molecular formula is C32H32ClN3O4. The molecule has 1 aliphatic rings. The van der Waals surface area contributed by atoms with Gasteiger partial charge in [-0.05, 0) is 67.3 Å². The van der Waals surface area contributed by atoms with Crippen molar-refractivity contribution < 1.29 is 19.4 Å². The van der Waals surface area contributed by atoms with Gasteiger partial charge in [-0.2, -0.15) is 5.10 Å². The molecule has 0 bridgehead atoms. The lowest BCUT2D eigenvalue weighted by Gasteiger charge is -2.12. The van der Waals surface area contributed by atoms with E-state index >= 15 is 0 Å². The van der Waals surface area contributed by atoms with Gasteiger partial charge >= 0.3 is 5.97 Å². The number of H-pyrrole nitrogens is 1. The molecule has 6 rings (SSSR count). The molecule has 5 aromatic rings. The maximum atomic E-state index is 12.8. The van der Waals surface area contributed by atoms with E-state index in [4.69, 9.17) is 21.1 Å². The third-order valence-corrected chi connectivity index (χ3v) is 7.94. The molecule has 0 atom stereocenters. The molecule has 0 saturated heterocycles. The molecule has 40 heavy (non-hydrogen) atoms. The Morgan fingerprint density at radius 3 is 2.88 bits per heavy atom. The summed E-state index contributed by atoms with van der Waals surface area (Å²) in [5, 5.41) is 21.9. The number of nitrogens with zero attached hydrogens (tertiary/aromatic N) is 2. The predicted octanol–water partition coefficient (Wildman–Crippen LogP) is 7.42. The van der Waals surface area contributed by atoms with Gasteiger partial charge in [-0.15, -0.1) is 0 Å². The van der Waals surface area contributed by atoms with E-state index in [2.05, 4.69) is 23.2 Å². The summed E-state index contributed by atoms with van der Waals surface area (Å²) in [6.45, 7) is 4.24. The third kappa shape index (κ3) is 4.84. The van der Waals surface area contributed by atoms with Crippen molar-refractivity contribution in [2.45, 2.75) is 52.2 Å². The van der Waals surface area contributed by atoms with Crippen molar-refractivity contribution in [3.63, 3.8) is 0 Å². The monoisotopic (exact) mass is 557 g/mol. The van der Waals surface area contributed by atoms with Crippen molar-refractivity contribution in [1.29, 1.82) is 0 Å². The van der Waals surface area contributed by atoms with Crippen LogP contribution in [-0.4, -0.2) is 39.1 Å². The van der Waals surface area contributed by atoms with Crippen LogP contribution < -0.4 is 4.74 Å². The Labute approximate surface area is 237 Å². The molecule has 1 aliphatic heterocycles. The Kier molecular flexibility index (Phi) is 7.50. The summed E-state index contributed by atoms with van der Waals surface area (Å²) >= 11 is 6.17. The van der Waals surface area contributed by atoms with Gasteiger partial charge in [0, 0.05) is 40.1 Å². The van der Waals surface area contributed by atoms with Crippen molar-refractivity contribution >= 4 is 39.2 Å². The Hall–Kier alpha value is -3.81. The van der Waals surface area contributed by atoms with Gasteiger partial charge in [0.1, 0.15) is 11.4 Å². The van der Waals surface area contributed by atoms with Gasteiger partial charge in [0.25, 0.3) is 0 Å².